The van der Waals surface area contributed by atoms with Crippen LogP contribution in [0.4, 0.5) is 4.39 Å². The molecule has 6 aromatic carbocycles. The fraction of sp³-hybridized carbons (Fsp3) is 0.161. The van der Waals surface area contributed by atoms with Crippen molar-refractivity contribution in [3.63, 3.8) is 0 Å². The zero-order valence-electron chi connectivity index (χ0n) is 37.3. The van der Waals surface area contributed by atoms with E-state index in [9.17, 15) is 4.39 Å². The van der Waals surface area contributed by atoms with Crippen molar-refractivity contribution in [2.75, 3.05) is 0 Å². The number of fused-ring (bicyclic) bond motifs is 7. The minimum Gasteiger partial charge on any atom is -0.486 e. The Hall–Kier alpha value is -6.51. The van der Waals surface area contributed by atoms with E-state index in [0.29, 0.717) is 11.3 Å². The molecular formula is C56H47FIrN4O2Si-2. The van der Waals surface area contributed by atoms with Crippen molar-refractivity contribution in [1.29, 1.82) is 0 Å². The summed E-state index contributed by atoms with van der Waals surface area (Å²) in [6.07, 6.45) is 1.93. The van der Waals surface area contributed by atoms with E-state index in [1.165, 1.54) is 45.3 Å². The summed E-state index contributed by atoms with van der Waals surface area (Å²) < 4.78 is 28.0. The maximum atomic E-state index is 12.8. The van der Waals surface area contributed by atoms with Gasteiger partial charge in [-0.3, -0.25) is 9.37 Å². The molecule has 5 aromatic heterocycles. The van der Waals surface area contributed by atoms with Crippen LogP contribution in [0.1, 0.15) is 50.7 Å². The third-order valence-electron chi connectivity index (χ3n) is 12.0. The molecule has 0 aliphatic carbocycles. The molecule has 5 heterocycles. The van der Waals surface area contributed by atoms with E-state index in [4.69, 9.17) is 18.8 Å². The summed E-state index contributed by atoms with van der Waals surface area (Å²) in [5.41, 5.74) is 14.2. The van der Waals surface area contributed by atoms with Crippen LogP contribution in [0.2, 0.25) is 19.6 Å². The van der Waals surface area contributed by atoms with Crippen molar-refractivity contribution in [3.8, 4) is 39.5 Å². The Kier molecular flexibility index (Phi) is 11.7. The molecule has 11 aromatic rings. The van der Waals surface area contributed by atoms with Crippen LogP contribution in [-0.2, 0) is 20.1 Å². The van der Waals surface area contributed by atoms with E-state index in [2.05, 4.69) is 136 Å². The Morgan fingerprint density at radius 2 is 1.38 bits per heavy atom. The first-order valence-corrected chi connectivity index (χ1v) is 25.3. The van der Waals surface area contributed by atoms with E-state index in [0.717, 1.165) is 66.5 Å². The van der Waals surface area contributed by atoms with Crippen LogP contribution in [-0.4, -0.2) is 27.6 Å². The van der Waals surface area contributed by atoms with Crippen molar-refractivity contribution in [3.05, 3.63) is 175 Å². The average Bonchev–Trinajstić information content (AvgIpc) is 3.99. The van der Waals surface area contributed by atoms with Crippen LogP contribution >= 0.6 is 0 Å². The molecule has 0 unspecified atom stereocenters. The molecule has 0 N–H and O–H groups in total. The fourth-order valence-electron chi connectivity index (χ4n) is 8.55. The van der Waals surface area contributed by atoms with Gasteiger partial charge in [0.1, 0.15) is 11.1 Å². The largest absolute Gasteiger partial charge is 0.486 e. The van der Waals surface area contributed by atoms with E-state index >= 15 is 0 Å². The molecule has 9 heteroatoms. The molecule has 0 aliphatic heterocycles. The van der Waals surface area contributed by atoms with Crippen molar-refractivity contribution < 1.29 is 33.3 Å². The number of para-hydroxylation sites is 3. The minimum absolute atomic E-state index is 0. The van der Waals surface area contributed by atoms with Gasteiger partial charge in [-0.2, -0.15) is 0 Å². The standard InChI is InChI=1S/C42H32N3O2.C14H15FNSi.Ir/c1-24(2)31-21-27(26-13-6-5-7-14-26)22-32(25(3)4)39(31)45-35-19-10-9-18-34(35)43-41(45)30-17-12-16-28-33-23-37-38(44-42(33)47-40(28)30)29-15-8-11-20-36(29)46-37;1-17(2,3)13-8-9-14(16-10-13)11-4-6-12(15)7-5-11;/h5-16,18-25H,1-4H3;4,6-10H,1-3H3;/q2*-1;. The predicted molar refractivity (Wildman–Crippen MR) is 263 cm³/mol. The van der Waals surface area contributed by atoms with Gasteiger partial charge in [-0.05, 0) is 87.4 Å². The van der Waals surface area contributed by atoms with E-state index < -0.39 is 8.07 Å². The van der Waals surface area contributed by atoms with E-state index in [1.54, 1.807) is 6.07 Å². The number of pyridine rings is 2. The number of hydrogen-bond donors (Lipinski definition) is 0. The molecule has 325 valence electrons. The van der Waals surface area contributed by atoms with Crippen molar-refractivity contribution in [1.82, 2.24) is 19.5 Å². The second kappa shape index (κ2) is 17.5. The van der Waals surface area contributed by atoms with Gasteiger partial charge < -0.3 is 18.4 Å². The predicted octanol–water partition coefficient (Wildman–Crippen LogP) is 14.8. The summed E-state index contributed by atoms with van der Waals surface area (Å²) in [5.74, 6) is 1.05. The summed E-state index contributed by atoms with van der Waals surface area (Å²) in [6.45, 7) is 15.9. The average molecular weight is 1050 g/mol. The van der Waals surface area contributed by atoms with Crippen LogP contribution in [0.15, 0.2) is 155 Å². The first-order valence-electron chi connectivity index (χ1n) is 21.8. The SMILES string of the molecule is CC(C)c1cc(-c2ccccc2)cc(C(C)C)c1-n1c(-c2[c-]ccc3c2oc2nc4c(cc23)oc2ccccc24)nc2ccccc21.C[Si](C)(C)c1ccc(-c2[c-]cc(F)cc2)nc1.[Ir]. The van der Waals surface area contributed by atoms with Gasteiger partial charge in [-0.25, -0.2) is 4.98 Å². The van der Waals surface area contributed by atoms with Gasteiger partial charge in [0, 0.05) is 48.6 Å². The molecule has 11 rings (SSSR count). The molecule has 0 atom stereocenters. The maximum absolute atomic E-state index is 12.8. The first-order chi connectivity index (χ1) is 30.9. The number of rotatable bonds is 7. The molecule has 0 saturated carbocycles. The van der Waals surface area contributed by atoms with Crippen LogP contribution in [0.5, 0.6) is 0 Å². The number of nitrogens with zero attached hydrogens (tertiary/aromatic N) is 4. The van der Waals surface area contributed by atoms with Crippen LogP contribution in [0.25, 0.3) is 94.6 Å². The van der Waals surface area contributed by atoms with Crippen LogP contribution < -0.4 is 5.19 Å². The molecule has 0 bridgehead atoms. The first kappa shape index (κ1) is 43.7. The summed E-state index contributed by atoms with van der Waals surface area (Å²) in [7, 11) is -1.30. The van der Waals surface area contributed by atoms with Crippen molar-refractivity contribution in [2.45, 2.75) is 59.2 Å². The zero-order chi connectivity index (χ0) is 44.3. The van der Waals surface area contributed by atoms with Gasteiger partial charge in [-0.1, -0.05) is 125 Å². The Morgan fingerprint density at radius 3 is 2.08 bits per heavy atom. The number of aromatic nitrogens is 4. The molecule has 0 amide bonds. The summed E-state index contributed by atoms with van der Waals surface area (Å²) in [4.78, 5) is 14.7. The molecule has 65 heavy (non-hydrogen) atoms. The van der Waals surface area contributed by atoms with Gasteiger partial charge in [0.15, 0.2) is 5.58 Å². The van der Waals surface area contributed by atoms with E-state index in [-0.39, 0.29) is 37.8 Å². The third-order valence-corrected chi connectivity index (χ3v) is 14.0. The van der Waals surface area contributed by atoms with Crippen LogP contribution in [0.3, 0.4) is 0 Å². The number of halogens is 1. The van der Waals surface area contributed by atoms with Gasteiger partial charge in [0.25, 0.3) is 0 Å². The van der Waals surface area contributed by atoms with E-state index in [1.807, 2.05) is 60.8 Å². The zero-order valence-corrected chi connectivity index (χ0v) is 40.7. The molecule has 1 radical (unpaired) electrons. The Bertz CT molecular complexity index is 3470. The quantitative estimate of drug-likeness (QED) is 0.117. The monoisotopic (exact) mass is 1050 g/mol. The van der Waals surface area contributed by atoms with Gasteiger partial charge in [0.05, 0.1) is 30.5 Å². The third kappa shape index (κ3) is 8.14. The fourth-order valence-corrected chi connectivity index (χ4v) is 9.59. The summed E-state index contributed by atoms with van der Waals surface area (Å²) >= 11 is 0. The normalized spacial score (nSPS) is 11.8. The second-order valence-electron chi connectivity index (χ2n) is 18.0. The molecule has 6 nitrogen and oxygen atoms in total. The maximum Gasteiger partial charge on any atom is 0.216 e. The smallest absolute Gasteiger partial charge is 0.216 e. The molecule has 0 aliphatic rings. The van der Waals surface area contributed by atoms with Gasteiger partial charge in [0.2, 0.25) is 5.71 Å². The number of imidazole rings is 1. The summed E-state index contributed by atoms with van der Waals surface area (Å²) in [6, 6.07) is 52.7. The molecule has 0 fully saturated rings. The minimum atomic E-state index is -1.30. The van der Waals surface area contributed by atoms with Crippen LogP contribution in [0, 0.1) is 17.9 Å². The Labute approximate surface area is 392 Å². The molecule has 0 spiro atoms. The topological polar surface area (TPSA) is 69.9 Å². The Balaban J connectivity index is 0.000000250. The number of hydrogen-bond acceptors (Lipinski definition) is 5. The second-order valence-corrected chi connectivity index (χ2v) is 23.1. The number of benzene rings is 6. The van der Waals surface area contributed by atoms with Crippen molar-refractivity contribution in [2.24, 2.45) is 0 Å². The van der Waals surface area contributed by atoms with Gasteiger partial charge in [-0.15, -0.1) is 48.0 Å². The van der Waals surface area contributed by atoms with Crippen molar-refractivity contribution >= 4 is 68.4 Å². The molecular weight excluding hydrogens is 1000 g/mol. The summed E-state index contributed by atoms with van der Waals surface area (Å²) in [5, 5.41) is 4.15. The van der Waals surface area contributed by atoms with Gasteiger partial charge >= 0.3 is 0 Å². The number of furan rings is 2. The Morgan fingerprint density at radius 1 is 0.662 bits per heavy atom. The molecule has 0 saturated heterocycles.